The molecule has 0 aliphatic heterocycles. The number of amides is 2. The van der Waals surface area contributed by atoms with Gasteiger partial charge in [-0.2, -0.15) is 0 Å². The highest BCUT2D eigenvalue weighted by Crippen LogP contribution is 2.31. The van der Waals surface area contributed by atoms with Crippen LogP contribution in [0.3, 0.4) is 0 Å². The molecule has 0 heterocycles. The Bertz CT molecular complexity index is 1400. The Morgan fingerprint density at radius 3 is 2.28 bits per heavy atom. The Kier molecular flexibility index (Phi) is 7.74. The maximum atomic E-state index is 13.4. The molecule has 0 bridgehead atoms. The number of nitrogens with two attached hydrogens (primary N) is 1. The Hall–Kier alpha value is -4.47. The summed E-state index contributed by atoms with van der Waals surface area (Å²) in [5.41, 5.74) is 10.1. The number of carbonyl (C=O) groups is 1. The lowest BCUT2D eigenvalue weighted by atomic mass is 10.0. The van der Waals surface area contributed by atoms with E-state index >= 15 is 0 Å². The van der Waals surface area contributed by atoms with Crippen molar-refractivity contribution in [2.24, 2.45) is 5.73 Å². The van der Waals surface area contributed by atoms with Crippen LogP contribution in [0.15, 0.2) is 103 Å². The Morgan fingerprint density at radius 1 is 0.917 bits per heavy atom. The fourth-order valence-corrected chi connectivity index (χ4v) is 4.13. The number of hydrogen-bond donors (Lipinski definition) is 5. The van der Waals surface area contributed by atoms with E-state index in [1.54, 1.807) is 41.3 Å². The van der Waals surface area contributed by atoms with Crippen LogP contribution in [0.1, 0.15) is 11.1 Å². The molecule has 4 aromatic carbocycles. The molecular weight excluding hydrogens is 474 g/mol. The van der Waals surface area contributed by atoms with E-state index in [9.17, 15) is 13.6 Å². The molecule has 4 aromatic rings. The van der Waals surface area contributed by atoms with Crippen molar-refractivity contribution in [3.05, 3.63) is 114 Å². The van der Waals surface area contributed by atoms with E-state index in [0.29, 0.717) is 22.6 Å². The summed E-state index contributed by atoms with van der Waals surface area (Å²) >= 11 is -2.29. The zero-order chi connectivity index (χ0) is 25.5. The number of benzene rings is 4. The molecule has 0 saturated carbocycles. The number of rotatable bonds is 8. The first kappa shape index (κ1) is 24.6. The van der Waals surface area contributed by atoms with E-state index in [4.69, 9.17) is 11.1 Å². The third kappa shape index (κ3) is 6.15. The van der Waals surface area contributed by atoms with Crippen molar-refractivity contribution in [1.29, 1.82) is 5.41 Å². The van der Waals surface area contributed by atoms with Crippen LogP contribution in [0.2, 0.25) is 0 Å². The van der Waals surface area contributed by atoms with Crippen LogP contribution in [0, 0.1) is 5.41 Å². The first-order valence-corrected chi connectivity index (χ1v) is 12.2. The molecule has 6 N–H and O–H groups in total. The van der Waals surface area contributed by atoms with Gasteiger partial charge in [0.25, 0.3) is 11.3 Å². The third-order valence-electron chi connectivity index (χ3n) is 5.44. The van der Waals surface area contributed by atoms with Gasteiger partial charge in [-0.1, -0.05) is 72.8 Å². The maximum absolute atomic E-state index is 13.4. The second-order valence-electron chi connectivity index (χ2n) is 7.94. The molecule has 36 heavy (non-hydrogen) atoms. The van der Waals surface area contributed by atoms with E-state index in [2.05, 4.69) is 10.0 Å². The highest BCUT2D eigenvalue weighted by atomic mass is 32.2. The first-order chi connectivity index (χ1) is 17.4. The van der Waals surface area contributed by atoms with Crippen molar-refractivity contribution in [3.8, 4) is 11.1 Å². The molecular formula is C27H25N5O3S. The van der Waals surface area contributed by atoms with Crippen LogP contribution in [-0.4, -0.2) is 20.6 Å². The lowest BCUT2D eigenvalue weighted by Gasteiger charge is -2.24. The molecule has 0 fully saturated rings. The number of amidine groups is 1. The number of nitrogen functional groups attached to an aromatic ring is 1. The number of para-hydroxylation sites is 1. The van der Waals surface area contributed by atoms with Gasteiger partial charge in [-0.15, -0.1) is 0 Å². The quantitative estimate of drug-likeness (QED) is 0.126. The summed E-state index contributed by atoms with van der Waals surface area (Å²) in [5.74, 6) is -0.0487. The van der Waals surface area contributed by atoms with Gasteiger partial charge in [0.05, 0.1) is 12.2 Å². The molecule has 1 unspecified atom stereocenters. The average molecular weight is 500 g/mol. The van der Waals surface area contributed by atoms with Gasteiger partial charge in [0.1, 0.15) is 5.84 Å². The van der Waals surface area contributed by atoms with Gasteiger partial charge >= 0.3 is 6.03 Å². The average Bonchev–Trinajstić information content (AvgIpc) is 2.88. The predicted molar refractivity (Wildman–Crippen MR) is 145 cm³/mol. The van der Waals surface area contributed by atoms with Crippen LogP contribution < -0.4 is 20.7 Å². The van der Waals surface area contributed by atoms with Crippen molar-refractivity contribution in [2.45, 2.75) is 6.54 Å². The summed E-state index contributed by atoms with van der Waals surface area (Å²) in [6.07, 6.45) is 0. The number of nitrogens with one attached hydrogen (secondary N) is 3. The van der Waals surface area contributed by atoms with Gasteiger partial charge in [0, 0.05) is 22.5 Å². The molecule has 8 nitrogen and oxygen atoms in total. The molecule has 2 amide bonds. The fourth-order valence-electron chi connectivity index (χ4n) is 3.77. The van der Waals surface area contributed by atoms with Gasteiger partial charge in [-0.25, -0.2) is 9.00 Å². The van der Waals surface area contributed by atoms with Gasteiger partial charge < -0.3 is 11.1 Å². The highest BCUT2D eigenvalue weighted by molar-refractivity contribution is 7.80. The largest absolute Gasteiger partial charge is 0.384 e. The maximum Gasteiger partial charge on any atom is 0.326 e. The lowest BCUT2D eigenvalue weighted by Crippen LogP contribution is -2.34. The van der Waals surface area contributed by atoms with E-state index in [1.165, 1.54) is 0 Å². The van der Waals surface area contributed by atoms with Gasteiger partial charge in [0.2, 0.25) is 0 Å². The van der Waals surface area contributed by atoms with Crippen LogP contribution in [0.5, 0.6) is 0 Å². The Balaban J connectivity index is 1.64. The number of hydrogen-bond acceptors (Lipinski definition) is 3. The van der Waals surface area contributed by atoms with Gasteiger partial charge in [0.15, 0.2) is 0 Å². The zero-order valence-corrected chi connectivity index (χ0v) is 20.0. The molecule has 0 aliphatic rings. The normalized spacial score (nSPS) is 11.4. The number of anilines is 3. The second-order valence-corrected chi connectivity index (χ2v) is 8.65. The lowest BCUT2D eigenvalue weighted by molar-refractivity contribution is 0.256. The zero-order valence-electron chi connectivity index (χ0n) is 19.2. The molecule has 0 saturated heterocycles. The summed E-state index contributed by atoms with van der Waals surface area (Å²) in [6, 6.07) is 30.6. The summed E-state index contributed by atoms with van der Waals surface area (Å²) in [6.45, 7) is 0.241. The summed E-state index contributed by atoms with van der Waals surface area (Å²) < 4.78 is 23.5. The minimum atomic E-state index is -2.29. The minimum absolute atomic E-state index is 0.0487. The molecule has 4 rings (SSSR count). The van der Waals surface area contributed by atoms with Crippen molar-refractivity contribution < 1.29 is 13.6 Å². The van der Waals surface area contributed by atoms with Crippen molar-refractivity contribution in [1.82, 2.24) is 0 Å². The van der Waals surface area contributed by atoms with Crippen molar-refractivity contribution in [2.75, 3.05) is 14.9 Å². The summed E-state index contributed by atoms with van der Waals surface area (Å²) in [4.78, 5) is 15.0. The summed E-state index contributed by atoms with van der Waals surface area (Å²) in [7, 11) is 0. The number of nitrogens with zero attached hydrogens (tertiary/aromatic N) is 1. The molecule has 182 valence electrons. The molecule has 0 aliphatic carbocycles. The van der Waals surface area contributed by atoms with E-state index in [0.717, 1.165) is 16.7 Å². The van der Waals surface area contributed by atoms with E-state index < -0.39 is 17.3 Å². The van der Waals surface area contributed by atoms with E-state index in [-0.39, 0.29) is 12.4 Å². The van der Waals surface area contributed by atoms with Gasteiger partial charge in [-0.3, -0.25) is 19.6 Å². The smallest absolute Gasteiger partial charge is 0.326 e. The summed E-state index contributed by atoms with van der Waals surface area (Å²) in [5, 5.41) is 10.6. The third-order valence-corrected chi connectivity index (χ3v) is 5.84. The molecule has 1 atom stereocenters. The minimum Gasteiger partial charge on any atom is -0.384 e. The topological polar surface area (TPSA) is 132 Å². The number of urea groups is 1. The molecule has 0 radical (unpaired) electrons. The second kappa shape index (κ2) is 11.3. The standard InChI is InChI=1S/C27H25N5O3S/c28-26(29)21-11-7-8-19(16-21)18-32(23-12-5-2-6-13-23)27(33)30-22-14-15-24(20-9-3-1-4-10-20)25(17-22)31-36(34)35/h1-17,31H,18H2,(H3,28,29)(H,30,33)(H,34,35). The molecule has 0 spiro atoms. The first-order valence-electron chi connectivity index (χ1n) is 11.0. The monoisotopic (exact) mass is 499 g/mol. The number of carbonyl (C=O) groups excluding carboxylic acids is 1. The Morgan fingerprint density at radius 2 is 1.61 bits per heavy atom. The fraction of sp³-hybridized carbons (Fsp3) is 0.0370. The van der Waals surface area contributed by atoms with E-state index in [1.807, 2.05) is 66.7 Å². The van der Waals surface area contributed by atoms with Crippen LogP contribution in [0.25, 0.3) is 11.1 Å². The SMILES string of the molecule is N=C(N)c1cccc(CN(C(=O)Nc2ccc(-c3ccccc3)c(NS(=O)O)c2)c2ccccc2)c1. The molecule has 0 aromatic heterocycles. The van der Waals surface area contributed by atoms with Crippen molar-refractivity contribution in [3.63, 3.8) is 0 Å². The Labute approximate surface area is 211 Å². The predicted octanol–water partition coefficient (Wildman–Crippen LogP) is 5.42. The highest BCUT2D eigenvalue weighted by Gasteiger charge is 2.18. The van der Waals surface area contributed by atoms with Crippen LogP contribution in [-0.2, 0) is 17.8 Å². The van der Waals surface area contributed by atoms with Crippen LogP contribution >= 0.6 is 0 Å². The van der Waals surface area contributed by atoms with Crippen LogP contribution in [0.4, 0.5) is 21.9 Å². The van der Waals surface area contributed by atoms with Crippen molar-refractivity contribution >= 4 is 40.2 Å². The molecule has 9 heteroatoms. The van der Waals surface area contributed by atoms with Gasteiger partial charge in [-0.05, 0) is 41.5 Å².